The zero-order valence-electron chi connectivity index (χ0n) is 19.1. The molecule has 0 radical (unpaired) electrons. The number of unbranched alkanes of at least 4 members (excludes halogenated alkanes) is 4. The van der Waals surface area contributed by atoms with Gasteiger partial charge in [0.25, 0.3) is 0 Å². The fourth-order valence-electron chi connectivity index (χ4n) is 3.52. The van der Waals surface area contributed by atoms with Gasteiger partial charge in [-0.05, 0) is 49.8 Å². The summed E-state index contributed by atoms with van der Waals surface area (Å²) < 4.78 is 0. The summed E-state index contributed by atoms with van der Waals surface area (Å²) in [5, 5.41) is 20.7. The van der Waals surface area contributed by atoms with Crippen molar-refractivity contribution in [3.8, 4) is 0 Å². The van der Waals surface area contributed by atoms with Crippen LogP contribution in [0.1, 0.15) is 69.9 Å². The summed E-state index contributed by atoms with van der Waals surface area (Å²) in [5.74, 6) is -1.56. The van der Waals surface area contributed by atoms with Gasteiger partial charge in [0, 0.05) is 6.54 Å². The van der Waals surface area contributed by atoms with E-state index in [0.717, 1.165) is 44.1 Å². The molecule has 0 spiro atoms. The van der Waals surface area contributed by atoms with Crippen LogP contribution in [0.3, 0.4) is 0 Å². The number of nitrogens with one attached hydrogen (secondary N) is 1. The van der Waals surface area contributed by atoms with Gasteiger partial charge in [0.05, 0.1) is 19.0 Å². The molecule has 0 unspecified atom stereocenters. The van der Waals surface area contributed by atoms with Gasteiger partial charge in [0.1, 0.15) is 0 Å². The Morgan fingerprint density at radius 2 is 1.42 bits per heavy atom. The van der Waals surface area contributed by atoms with Crippen LogP contribution >= 0.6 is 0 Å². The highest BCUT2D eigenvalue weighted by Gasteiger charge is 2.15. The van der Waals surface area contributed by atoms with Gasteiger partial charge in [0.15, 0.2) is 0 Å². The fraction of sp³-hybridized carbons (Fsp3) is 0.625. The van der Waals surface area contributed by atoms with Crippen LogP contribution < -0.4 is 5.32 Å². The number of nitrogens with zero attached hydrogens (tertiary/aromatic N) is 1. The molecule has 0 aromatic heterocycles. The minimum atomic E-state index is -1.02. The first-order valence-corrected chi connectivity index (χ1v) is 11.2. The molecule has 1 rings (SSSR count). The Labute approximate surface area is 185 Å². The lowest BCUT2D eigenvalue weighted by Gasteiger charge is -2.17. The molecule has 0 saturated heterocycles. The van der Waals surface area contributed by atoms with Crippen LogP contribution in [0.15, 0.2) is 24.3 Å². The Morgan fingerprint density at radius 3 is 1.97 bits per heavy atom. The van der Waals surface area contributed by atoms with Crippen molar-refractivity contribution in [1.82, 2.24) is 10.2 Å². The third-order valence-electron chi connectivity index (χ3n) is 5.19. The van der Waals surface area contributed by atoms with Crippen molar-refractivity contribution in [1.29, 1.82) is 0 Å². The maximum Gasteiger partial charge on any atom is 0.317 e. The molecule has 0 fully saturated rings. The number of aliphatic carboxylic acids is 2. The van der Waals surface area contributed by atoms with Crippen LogP contribution in [0.25, 0.3) is 0 Å². The van der Waals surface area contributed by atoms with Gasteiger partial charge in [-0.2, -0.15) is 0 Å². The molecular formula is C24H38N2O5. The van der Waals surface area contributed by atoms with Crippen molar-refractivity contribution in [2.24, 2.45) is 5.92 Å². The van der Waals surface area contributed by atoms with Gasteiger partial charge in [-0.3, -0.25) is 19.3 Å². The third kappa shape index (κ3) is 12.1. The molecule has 1 atom stereocenters. The summed E-state index contributed by atoms with van der Waals surface area (Å²) >= 11 is 0. The number of carbonyl (C=O) groups excluding carboxylic acids is 1. The Balaban J connectivity index is 2.19. The predicted octanol–water partition coefficient (Wildman–Crippen LogP) is 3.53. The van der Waals surface area contributed by atoms with Crippen LogP contribution in [0.2, 0.25) is 0 Å². The van der Waals surface area contributed by atoms with Gasteiger partial charge >= 0.3 is 11.9 Å². The Bertz CT molecular complexity index is 672. The van der Waals surface area contributed by atoms with E-state index in [4.69, 9.17) is 10.2 Å². The van der Waals surface area contributed by atoms with Crippen molar-refractivity contribution in [3.05, 3.63) is 35.4 Å². The largest absolute Gasteiger partial charge is 0.480 e. The van der Waals surface area contributed by atoms with Gasteiger partial charge in [-0.1, -0.05) is 57.4 Å². The zero-order valence-corrected chi connectivity index (χ0v) is 19.1. The van der Waals surface area contributed by atoms with E-state index in [2.05, 4.69) is 31.3 Å². The average molecular weight is 435 g/mol. The van der Waals surface area contributed by atoms with E-state index in [1.807, 2.05) is 19.1 Å². The Kier molecular flexibility index (Phi) is 12.5. The van der Waals surface area contributed by atoms with Crippen LogP contribution in [-0.4, -0.2) is 59.1 Å². The molecule has 0 heterocycles. The van der Waals surface area contributed by atoms with E-state index in [-0.39, 0.29) is 24.9 Å². The van der Waals surface area contributed by atoms with E-state index in [1.54, 1.807) is 0 Å². The number of rotatable bonds is 16. The van der Waals surface area contributed by atoms with Crippen LogP contribution in [-0.2, 0) is 20.8 Å². The summed E-state index contributed by atoms with van der Waals surface area (Å²) in [6.45, 7) is 6.90. The second kappa shape index (κ2) is 14.6. The summed E-state index contributed by atoms with van der Waals surface area (Å²) in [7, 11) is 0. The van der Waals surface area contributed by atoms with Crippen molar-refractivity contribution in [2.45, 2.75) is 65.2 Å². The van der Waals surface area contributed by atoms with Gasteiger partial charge < -0.3 is 15.5 Å². The van der Waals surface area contributed by atoms with E-state index in [1.165, 1.54) is 10.5 Å². The summed E-state index contributed by atoms with van der Waals surface area (Å²) in [6.07, 6.45) is 5.53. The molecule has 0 bridgehead atoms. The minimum Gasteiger partial charge on any atom is -0.480 e. The van der Waals surface area contributed by atoms with Crippen molar-refractivity contribution >= 4 is 17.8 Å². The van der Waals surface area contributed by atoms with Gasteiger partial charge in [-0.15, -0.1) is 0 Å². The van der Waals surface area contributed by atoms with Crippen molar-refractivity contribution in [2.75, 3.05) is 26.2 Å². The summed E-state index contributed by atoms with van der Waals surface area (Å²) in [5.41, 5.74) is 2.32. The lowest BCUT2D eigenvalue weighted by Crippen LogP contribution is -2.35. The first-order chi connectivity index (χ1) is 14.7. The number of carboxylic acids is 2. The number of amides is 1. The highest BCUT2D eigenvalue weighted by molar-refractivity contribution is 5.83. The number of carboxylic acid groups (broad SMARTS) is 2. The molecule has 174 valence electrons. The molecular weight excluding hydrogens is 396 g/mol. The highest BCUT2D eigenvalue weighted by Crippen LogP contribution is 2.17. The predicted molar refractivity (Wildman–Crippen MR) is 121 cm³/mol. The number of hydrogen-bond donors (Lipinski definition) is 3. The summed E-state index contributed by atoms with van der Waals surface area (Å²) in [4.78, 5) is 35.4. The highest BCUT2D eigenvalue weighted by atomic mass is 16.4. The SMILES string of the molecule is CC(C)Cc1ccc([C@H](C)C(=O)NCCCCCCCN(CC(=O)O)CC(=O)O)cc1. The maximum absolute atomic E-state index is 12.4. The first-order valence-electron chi connectivity index (χ1n) is 11.2. The molecule has 7 heteroatoms. The molecule has 0 saturated carbocycles. The molecule has 0 aliphatic carbocycles. The zero-order chi connectivity index (χ0) is 23.2. The van der Waals surface area contributed by atoms with Gasteiger partial charge in [-0.25, -0.2) is 0 Å². The number of carbonyl (C=O) groups is 3. The summed E-state index contributed by atoms with van der Waals surface area (Å²) in [6, 6.07) is 8.29. The smallest absolute Gasteiger partial charge is 0.317 e. The minimum absolute atomic E-state index is 0.0367. The quantitative estimate of drug-likeness (QED) is 0.344. The molecule has 7 nitrogen and oxygen atoms in total. The van der Waals surface area contributed by atoms with Gasteiger partial charge in [0.2, 0.25) is 5.91 Å². The lowest BCUT2D eigenvalue weighted by molar-refractivity contribution is -0.141. The normalized spacial score (nSPS) is 12.2. The number of hydrogen-bond acceptors (Lipinski definition) is 4. The second-order valence-electron chi connectivity index (χ2n) is 8.62. The molecule has 1 amide bonds. The molecule has 0 aliphatic rings. The lowest BCUT2D eigenvalue weighted by atomic mass is 9.96. The average Bonchev–Trinajstić information content (AvgIpc) is 2.68. The van der Waals surface area contributed by atoms with E-state index in [0.29, 0.717) is 19.0 Å². The molecule has 1 aromatic carbocycles. The third-order valence-corrected chi connectivity index (χ3v) is 5.19. The van der Waals surface area contributed by atoms with E-state index in [9.17, 15) is 14.4 Å². The second-order valence-corrected chi connectivity index (χ2v) is 8.62. The van der Waals surface area contributed by atoms with Crippen molar-refractivity contribution < 1.29 is 24.6 Å². The topological polar surface area (TPSA) is 107 Å². The monoisotopic (exact) mass is 434 g/mol. The molecule has 31 heavy (non-hydrogen) atoms. The Hall–Kier alpha value is -2.41. The van der Waals surface area contributed by atoms with Crippen LogP contribution in [0, 0.1) is 5.92 Å². The van der Waals surface area contributed by atoms with E-state index >= 15 is 0 Å². The molecule has 3 N–H and O–H groups in total. The standard InChI is InChI=1S/C24H38N2O5/c1-18(2)15-20-9-11-21(12-10-20)19(3)24(31)25-13-7-5-4-6-8-14-26(16-22(27)28)17-23(29)30/h9-12,18-19H,4-8,13-17H2,1-3H3,(H,25,31)(H,27,28)(H,29,30)/t19-/m0/s1. The first kappa shape index (κ1) is 26.6. The van der Waals surface area contributed by atoms with E-state index < -0.39 is 11.9 Å². The fourth-order valence-corrected chi connectivity index (χ4v) is 3.52. The van der Waals surface area contributed by atoms with Crippen molar-refractivity contribution in [3.63, 3.8) is 0 Å². The molecule has 0 aliphatic heterocycles. The van der Waals surface area contributed by atoms with Crippen LogP contribution in [0.5, 0.6) is 0 Å². The molecule has 1 aromatic rings. The Morgan fingerprint density at radius 1 is 0.871 bits per heavy atom. The maximum atomic E-state index is 12.4. The van der Waals surface area contributed by atoms with Crippen LogP contribution in [0.4, 0.5) is 0 Å². The number of benzene rings is 1.